The molecule has 1 aromatic carbocycles. The minimum Gasteiger partial charge on any atom is -0.454 e. The van der Waals surface area contributed by atoms with Crippen LogP contribution in [0.25, 0.3) is 0 Å². The molecular formula is C14H12BrClN2O2. The largest absolute Gasteiger partial charge is 0.454 e. The Morgan fingerprint density at radius 3 is 3.00 bits per heavy atom. The summed E-state index contributed by atoms with van der Waals surface area (Å²) in [6, 6.07) is 7.68. The van der Waals surface area contributed by atoms with Gasteiger partial charge in [0.05, 0.1) is 15.9 Å². The zero-order chi connectivity index (χ0) is 14.1. The number of benzene rings is 1. The van der Waals surface area contributed by atoms with E-state index in [-0.39, 0.29) is 6.79 Å². The van der Waals surface area contributed by atoms with Crippen LogP contribution in [0.2, 0.25) is 5.15 Å². The van der Waals surface area contributed by atoms with Crippen molar-refractivity contribution >= 4 is 33.2 Å². The lowest BCUT2D eigenvalue weighted by Gasteiger charge is -2.10. The second-order valence-electron chi connectivity index (χ2n) is 4.43. The van der Waals surface area contributed by atoms with Crippen molar-refractivity contribution in [3.05, 3.63) is 45.1 Å². The van der Waals surface area contributed by atoms with E-state index in [0.717, 1.165) is 32.9 Å². The zero-order valence-electron chi connectivity index (χ0n) is 10.7. The third-order valence-electron chi connectivity index (χ3n) is 3.02. The number of aryl methyl sites for hydroxylation is 1. The second-order valence-corrected chi connectivity index (χ2v) is 5.67. The average molecular weight is 356 g/mol. The van der Waals surface area contributed by atoms with Gasteiger partial charge in [-0.25, -0.2) is 4.98 Å². The van der Waals surface area contributed by atoms with Gasteiger partial charge in [0.1, 0.15) is 5.15 Å². The van der Waals surface area contributed by atoms with Crippen LogP contribution in [0, 0.1) is 6.92 Å². The van der Waals surface area contributed by atoms with Crippen LogP contribution in [0.5, 0.6) is 11.5 Å². The lowest BCUT2D eigenvalue weighted by molar-refractivity contribution is 0.173. The molecule has 0 spiro atoms. The fraction of sp³-hybridized carbons (Fsp3) is 0.214. The molecule has 2 heterocycles. The number of nitrogens with zero attached hydrogens (tertiary/aromatic N) is 1. The third kappa shape index (κ3) is 2.69. The van der Waals surface area contributed by atoms with Gasteiger partial charge in [0, 0.05) is 6.54 Å². The fourth-order valence-corrected chi connectivity index (χ4v) is 2.83. The highest BCUT2D eigenvalue weighted by atomic mass is 79.9. The molecule has 0 saturated carbocycles. The van der Waals surface area contributed by atoms with Crippen LogP contribution in [0.15, 0.2) is 28.7 Å². The van der Waals surface area contributed by atoms with Gasteiger partial charge in [-0.2, -0.15) is 0 Å². The predicted octanol–water partition coefficient (Wildman–Crippen LogP) is 4.15. The van der Waals surface area contributed by atoms with E-state index in [0.29, 0.717) is 11.7 Å². The van der Waals surface area contributed by atoms with Crippen molar-refractivity contribution in [2.45, 2.75) is 13.5 Å². The smallest absolute Gasteiger partial charge is 0.231 e. The van der Waals surface area contributed by atoms with E-state index in [4.69, 9.17) is 21.1 Å². The van der Waals surface area contributed by atoms with Gasteiger partial charge in [-0.3, -0.25) is 0 Å². The van der Waals surface area contributed by atoms with Crippen molar-refractivity contribution in [1.82, 2.24) is 4.98 Å². The van der Waals surface area contributed by atoms with Crippen molar-refractivity contribution in [2.75, 3.05) is 12.1 Å². The summed E-state index contributed by atoms with van der Waals surface area (Å²) in [5.41, 5.74) is 2.93. The molecule has 0 amide bonds. The number of aromatic nitrogens is 1. The van der Waals surface area contributed by atoms with Gasteiger partial charge in [0.2, 0.25) is 6.79 Å². The minimum absolute atomic E-state index is 0.269. The number of anilines is 1. The Morgan fingerprint density at radius 1 is 1.35 bits per heavy atom. The summed E-state index contributed by atoms with van der Waals surface area (Å²) in [4.78, 5) is 4.21. The van der Waals surface area contributed by atoms with Crippen molar-refractivity contribution in [3.63, 3.8) is 0 Å². The molecule has 1 aromatic heterocycles. The highest BCUT2D eigenvalue weighted by Crippen LogP contribution is 2.40. The molecule has 0 radical (unpaired) electrons. The first kappa shape index (κ1) is 13.5. The van der Waals surface area contributed by atoms with Crippen LogP contribution in [0.3, 0.4) is 0 Å². The van der Waals surface area contributed by atoms with Gasteiger partial charge in [-0.1, -0.05) is 11.6 Å². The average Bonchev–Trinajstić information content (AvgIpc) is 2.86. The Balaban J connectivity index is 1.77. The number of hydrogen-bond acceptors (Lipinski definition) is 4. The molecule has 0 fully saturated rings. The summed E-state index contributed by atoms with van der Waals surface area (Å²) in [7, 11) is 0. The van der Waals surface area contributed by atoms with Crippen molar-refractivity contribution in [3.8, 4) is 11.5 Å². The van der Waals surface area contributed by atoms with Crippen molar-refractivity contribution in [2.24, 2.45) is 0 Å². The maximum Gasteiger partial charge on any atom is 0.231 e. The van der Waals surface area contributed by atoms with E-state index in [9.17, 15) is 0 Å². The topological polar surface area (TPSA) is 43.4 Å². The van der Waals surface area contributed by atoms with Gasteiger partial charge in [0.25, 0.3) is 0 Å². The standard InChI is InChI=1S/C14H12BrClN2O2/c1-8-11(2-3-13(16)18-8)17-6-9-4-10(15)14-12(5-9)19-7-20-14/h2-5,17H,6-7H2,1H3. The number of rotatable bonds is 3. The number of hydrogen-bond donors (Lipinski definition) is 1. The molecule has 0 bridgehead atoms. The van der Waals surface area contributed by atoms with Gasteiger partial charge in [-0.15, -0.1) is 0 Å². The molecule has 3 rings (SSSR count). The normalized spacial score (nSPS) is 12.6. The molecule has 1 N–H and O–H groups in total. The van der Waals surface area contributed by atoms with Crippen molar-refractivity contribution in [1.29, 1.82) is 0 Å². The Bertz CT molecular complexity index is 664. The number of fused-ring (bicyclic) bond motifs is 1. The van der Waals surface area contributed by atoms with E-state index >= 15 is 0 Å². The Labute approximate surface area is 130 Å². The maximum absolute atomic E-state index is 5.84. The molecule has 20 heavy (non-hydrogen) atoms. The third-order valence-corrected chi connectivity index (χ3v) is 3.82. The van der Waals surface area contributed by atoms with Gasteiger partial charge >= 0.3 is 0 Å². The second kappa shape index (κ2) is 5.50. The quantitative estimate of drug-likeness (QED) is 0.840. The molecule has 0 unspecified atom stereocenters. The minimum atomic E-state index is 0.269. The lowest BCUT2D eigenvalue weighted by atomic mass is 10.2. The first-order valence-electron chi connectivity index (χ1n) is 6.08. The monoisotopic (exact) mass is 354 g/mol. The molecule has 0 saturated heterocycles. The number of pyridine rings is 1. The van der Waals surface area contributed by atoms with Crippen LogP contribution in [0.4, 0.5) is 5.69 Å². The SMILES string of the molecule is Cc1nc(Cl)ccc1NCc1cc(Br)c2c(c1)OCO2. The highest BCUT2D eigenvalue weighted by Gasteiger charge is 2.17. The molecule has 4 nitrogen and oxygen atoms in total. The Kier molecular flexibility index (Phi) is 3.72. The summed E-state index contributed by atoms with van der Waals surface area (Å²) in [6.45, 7) is 2.86. The van der Waals surface area contributed by atoms with E-state index in [2.05, 4.69) is 26.2 Å². The van der Waals surface area contributed by atoms with Crippen molar-refractivity contribution < 1.29 is 9.47 Å². The fourth-order valence-electron chi connectivity index (χ4n) is 2.04. The van der Waals surface area contributed by atoms with E-state index in [1.54, 1.807) is 6.07 Å². The predicted molar refractivity (Wildman–Crippen MR) is 81.6 cm³/mol. The molecule has 104 valence electrons. The lowest BCUT2D eigenvalue weighted by Crippen LogP contribution is -2.02. The van der Waals surface area contributed by atoms with E-state index in [1.165, 1.54) is 0 Å². The summed E-state index contributed by atoms with van der Waals surface area (Å²) >= 11 is 9.33. The first-order valence-corrected chi connectivity index (χ1v) is 7.25. The highest BCUT2D eigenvalue weighted by molar-refractivity contribution is 9.10. The van der Waals surface area contributed by atoms with Crippen LogP contribution in [-0.4, -0.2) is 11.8 Å². The number of nitrogens with one attached hydrogen (secondary N) is 1. The van der Waals surface area contributed by atoms with Gasteiger partial charge < -0.3 is 14.8 Å². The molecule has 1 aliphatic rings. The molecule has 0 aliphatic carbocycles. The maximum atomic E-state index is 5.84. The Morgan fingerprint density at radius 2 is 2.20 bits per heavy atom. The molecule has 0 atom stereocenters. The molecule has 1 aliphatic heterocycles. The van der Waals surface area contributed by atoms with Crippen LogP contribution >= 0.6 is 27.5 Å². The summed E-state index contributed by atoms with van der Waals surface area (Å²) < 4.78 is 11.7. The summed E-state index contributed by atoms with van der Waals surface area (Å²) in [6.07, 6.45) is 0. The first-order chi connectivity index (χ1) is 9.63. The zero-order valence-corrected chi connectivity index (χ0v) is 13.1. The van der Waals surface area contributed by atoms with E-state index < -0.39 is 0 Å². The van der Waals surface area contributed by atoms with Crippen LogP contribution in [-0.2, 0) is 6.54 Å². The Hall–Kier alpha value is -1.46. The number of halogens is 2. The van der Waals surface area contributed by atoms with E-state index in [1.807, 2.05) is 25.1 Å². The number of ether oxygens (including phenoxy) is 2. The summed E-state index contributed by atoms with van der Waals surface area (Å²) in [5.74, 6) is 1.53. The van der Waals surface area contributed by atoms with Gasteiger partial charge in [0.15, 0.2) is 11.5 Å². The van der Waals surface area contributed by atoms with Crippen LogP contribution in [0.1, 0.15) is 11.3 Å². The summed E-state index contributed by atoms with van der Waals surface area (Å²) in [5, 5.41) is 3.84. The van der Waals surface area contributed by atoms with Gasteiger partial charge in [-0.05, 0) is 52.7 Å². The molecule has 6 heteroatoms. The molecular weight excluding hydrogens is 344 g/mol. The molecule has 2 aromatic rings. The van der Waals surface area contributed by atoms with Crippen LogP contribution < -0.4 is 14.8 Å².